The third-order valence-electron chi connectivity index (χ3n) is 7.42. The number of piperidine rings is 2. The first kappa shape index (κ1) is 20.1. The molecule has 7 nitrogen and oxygen atoms in total. The Labute approximate surface area is 179 Å². The fraction of sp³-hybridized carbons (Fsp3) is 0.696. The first-order valence-corrected chi connectivity index (χ1v) is 11.8. The minimum absolute atomic E-state index is 0.114. The number of rotatable bonds is 4. The maximum absolute atomic E-state index is 13.0. The molecule has 2 aromatic rings. The Balaban J connectivity index is 1.30. The highest BCUT2D eigenvalue weighted by atomic mass is 16.1. The van der Waals surface area contributed by atoms with Crippen LogP contribution in [0.5, 0.6) is 0 Å². The quantitative estimate of drug-likeness (QED) is 0.795. The summed E-state index contributed by atoms with van der Waals surface area (Å²) in [5.74, 6) is 0.859. The highest BCUT2D eigenvalue weighted by Gasteiger charge is 2.24. The lowest BCUT2D eigenvalue weighted by molar-refractivity contribution is 0.196. The van der Waals surface area contributed by atoms with Crippen LogP contribution in [0.25, 0.3) is 11.0 Å². The zero-order valence-corrected chi connectivity index (χ0v) is 18.3. The van der Waals surface area contributed by atoms with E-state index < -0.39 is 0 Å². The van der Waals surface area contributed by atoms with Gasteiger partial charge in [0.25, 0.3) is 0 Å². The van der Waals surface area contributed by atoms with Crippen molar-refractivity contribution in [3.05, 3.63) is 28.7 Å². The van der Waals surface area contributed by atoms with E-state index >= 15 is 0 Å². The Kier molecular flexibility index (Phi) is 5.85. The van der Waals surface area contributed by atoms with E-state index in [4.69, 9.17) is 0 Å². The average molecular weight is 413 g/mol. The van der Waals surface area contributed by atoms with Crippen molar-refractivity contribution in [1.29, 1.82) is 0 Å². The standard InChI is InChI=1S/C23H36N6O/c1-26-22-15-19(4-5-21(22)29(23(26)30)20-3-2-8-25-16-20)28-13-11-27(12-14-28)17-18-6-9-24-10-7-18/h4-5,15,18,20,24-25H,2-3,6-14,16-17H2,1H3. The Morgan fingerprint density at radius 2 is 1.77 bits per heavy atom. The number of benzene rings is 1. The molecule has 7 heteroatoms. The van der Waals surface area contributed by atoms with Crippen molar-refractivity contribution in [1.82, 2.24) is 24.7 Å². The number of aromatic nitrogens is 2. The van der Waals surface area contributed by atoms with Crippen LogP contribution in [0, 0.1) is 5.92 Å². The number of nitrogens with zero attached hydrogens (tertiary/aromatic N) is 4. The number of anilines is 1. The average Bonchev–Trinajstić information content (AvgIpc) is 3.05. The molecule has 3 fully saturated rings. The number of hydrogen-bond acceptors (Lipinski definition) is 5. The summed E-state index contributed by atoms with van der Waals surface area (Å²) in [6, 6.07) is 6.88. The van der Waals surface area contributed by atoms with Gasteiger partial charge in [-0.05, 0) is 69.4 Å². The Hall–Kier alpha value is -1.83. The molecule has 0 amide bonds. The predicted octanol–water partition coefficient (Wildman–Crippen LogP) is 1.39. The van der Waals surface area contributed by atoms with Gasteiger partial charge in [0.15, 0.2) is 0 Å². The summed E-state index contributed by atoms with van der Waals surface area (Å²) >= 11 is 0. The van der Waals surface area contributed by atoms with Crippen molar-refractivity contribution in [3.8, 4) is 0 Å². The summed E-state index contributed by atoms with van der Waals surface area (Å²) in [6.07, 6.45) is 4.84. The van der Waals surface area contributed by atoms with Crippen LogP contribution < -0.4 is 21.2 Å². The molecule has 4 heterocycles. The molecule has 3 aliphatic rings. The van der Waals surface area contributed by atoms with E-state index in [1.807, 2.05) is 16.2 Å². The fourth-order valence-electron chi connectivity index (χ4n) is 5.57. The van der Waals surface area contributed by atoms with Crippen LogP contribution in [0.4, 0.5) is 5.69 Å². The van der Waals surface area contributed by atoms with Gasteiger partial charge >= 0.3 is 5.69 Å². The third-order valence-corrected chi connectivity index (χ3v) is 7.42. The molecule has 0 saturated carbocycles. The van der Waals surface area contributed by atoms with Crippen LogP contribution in [0.3, 0.4) is 0 Å². The van der Waals surface area contributed by atoms with Crippen molar-refractivity contribution in [2.45, 2.75) is 31.7 Å². The molecule has 0 aliphatic carbocycles. The Bertz CT molecular complexity index is 914. The smallest absolute Gasteiger partial charge is 0.329 e. The Morgan fingerprint density at radius 1 is 0.967 bits per heavy atom. The predicted molar refractivity (Wildman–Crippen MR) is 123 cm³/mol. The van der Waals surface area contributed by atoms with E-state index in [0.717, 1.165) is 69.1 Å². The minimum atomic E-state index is 0.114. The molecule has 164 valence electrons. The van der Waals surface area contributed by atoms with Crippen molar-refractivity contribution in [2.75, 3.05) is 63.8 Å². The van der Waals surface area contributed by atoms with Gasteiger partial charge in [-0.3, -0.25) is 14.0 Å². The van der Waals surface area contributed by atoms with E-state index in [2.05, 4.69) is 38.6 Å². The monoisotopic (exact) mass is 412 g/mol. The summed E-state index contributed by atoms with van der Waals surface area (Å²) in [6.45, 7) is 9.96. The topological polar surface area (TPSA) is 57.5 Å². The van der Waals surface area contributed by atoms with Crippen LogP contribution >= 0.6 is 0 Å². The van der Waals surface area contributed by atoms with E-state index in [0.29, 0.717) is 0 Å². The van der Waals surface area contributed by atoms with Gasteiger partial charge in [-0.15, -0.1) is 0 Å². The second-order valence-electron chi connectivity index (χ2n) is 9.37. The summed E-state index contributed by atoms with van der Waals surface area (Å²) in [5, 5.41) is 6.92. The van der Waals surface area contributed by atoms with Gasteiger partial charge in [0.2, 0.25) is 0 Å². The van der Waals surface area contributed by atoms with Gasteiger partial charge in [0.1, 0.15) is 0 Å². The van der Waals surface area contributed by atoms with E-state index in [1.165, 1.54) is 38.2 Å². The van der Waals surface area contributed by atoms with Crippen LogP contribution in [0.2, 0.25) is 0 Å². The van der Waals surface area contributed by atoms with Crippen LogP contribution in [-0.2, 0) is 7.05 Å². The lowest BCUT2D eigenvalue weighted by Crippen LogP contribution is -2.48. The normalized spacial score (nSPS) is 24.6. The molecule has 0 spiro atoms. The number of aryl methyl sites for hydroxylation is 1. The van der Waals surface area contributed by atoms with Crippen molar-refractivity contribution in [2.24, 2.45) is 13.0 Å². The van der Waals surface area contributed by atoms with Gasteiger partial charge in [-0.25, -0.2) is 4.79 Å². The second kappa shape index (κ2) is 8.73. The molecular weight excluding hydrogens is 376 g/mol. The SMILES string of the molecule is Cn1c(=O)n(C2CCCNC2)c2ccc(N3CCN(CC4CCNCC4)CC3)cc21. The highest BCUT2D eigenvalue weighted by Crippen LogP contribution is 2.26. The molecule has 30 heavy (non-hydrogen) atoms. The van der Waals surface area contributed by atoms with E-state index in [-0.39, 0.29) is 11.7 Å². The molecule has 3 saturated heterocycles. The van der Waals surface area contributed by atoms with Gasteiger partial charge in [-0.2, -0.15) is 0 Å². The zero-order chi connectivity index (χ0) is 20.5. The molecule has 1 aromatic heterocycles. The molecule has 1 aromatic carbocycles. The van der Waals surface area contributed by atoms with Crippen molar-refractivity contribution < 1.29 is 0 Å². The summed E-state index contributed by atoms with van der Waals surface area (Å²) < 4.78 is 3.85. The number of fused-ring (bicyclic) bond motifs is 1. The molecule has 1 atom stereocenters. The maximum atomic E-state index is 13.0. The first-order chi connectivity index (χ1) is 14.7. The number of nitrogens with one attached hydrogen (secondary N) is 2. The molecule has 0 radical (unpaired) electrons. The second-order valence-corrected chi connectivity index (χ2v) is 9.37. The zero-order valence-electron chi connectivity index (χ0n) is 18.3. The number of piperazine rings is 1. The van der Waals surface area contributed by atoms with Crippen molar-refractivity contribution in [3.63, 3.8) is 0 Å². The summed E-state index contributed by atoms with van der Waals surface area (Å²) in [7, 11) is 1.91. The molecule has 3 aliphatic heterocycles. The maximum Gasteiger partial charge on any atom is 0.329 e. The molecule has 5 rings (SSSR count). The number of imidazole rings is 1. The molecular formula is C23H36N6O. The van der Waals surface area contributed by atoms with Gasteiger partial charge in [0, 0.05) is 52.0 Å². The highest BCUT2D eigenvalue weighted by molar-refractivity contribution is 5.80. The minimum Gasteiger partial charge on any atom is -0.369 e. The molecule has 0 bridgehead atoms. The van der Waals surface area contributed by atoms with Crippen LogP contribution in [-0.4, -0.2) is 72.9 Å². The van der Waals surface area contributed by atoms with Crippen LogP contribution in [0.1, 0.15) is 31.7 Å². The van der Waals surface area contributed by atoms with Gasteiger partial charge < -0.3 is 15.5 Å². The molecule has 2 N–H and O–H groups in total. The fourth-order valence-corrected chi connectivity index (χ4v) is 5.57. The third kappa shape index (κ3) is 3.90. The largest absolute Gasteiger partial charge is 0.369 e. The van der Waals surface area contributed by atoms with Crippen LogP contribution in [0.15, 0.2) is 23.0 Å². The first-order valence-electron chi connectivity index (χ1n) is 11.8. The van der Waals surface area contributed by atoms with Crippen molar-refractivity contribution >= 4 is 16.7 Å². The Morgan fingerprint density at radius 3 is 2.50 bits per heavy atom. The van der Waals surface area contributed by atoms with E-state index in [1.54, 1.807) is 0 Å². The summed E-state index contributed by atoms with van der Waals surface area (Å²) in [5.41, 5.74) is 3.49. The van der Waals surface area contributed by atoms with Gasteiger partial charge in [-0.1, -0.05) is 0 Å². The summed E-state index contributed by atoms with van der Waals surface area (Å²) in [4.78, 5) is 18.1. The lowest BCUT2D eigenvalue weighted by Gasteiger charge is -2.38. The van der Waals surface area contributed by atoms with Gasteiger partial charge in [0.05, 0.1) is 17.1 Å². The number of hydrogen-bond donors (Lipinski definition) is 2. The van der Waals surface area contributed by atoms with E-state index in [9.17, 15) is 4.79 Å². The molecule has 1 unspecified atom stereocenters. The lowest BCUT2D eigenvalue weighted by atomic mass is 9.97.